The van der Waals surface area contributed by atoms with Gasteiger partial charge < -0.3 is 33.8 Å². The van der Waals surface area contributed by atoms with Crippen LogP contribution in [0.5, 0.6) is 0 Å². The molecule has 2 unspecified atom stereocenters. The van der Waals surface area contributed by atoms with E-state index in [1.54, 1.807) is 0 Å². The zero-order valence-corrected chi connectivity index (χ0v) is 66.6. The van der Waals surface area contributed by atoms with Gasteiger partial charge in [0.05, 0.1) is 26.4 Å². The van der Waals surface area contributed by atoms with Crippen LogP contribution >= 0.6 is 15.6 Å². The van der Waals surface area contributed by atoms with Crippen LogP contribution in [0, 0.1) is 11.8 Å². The lowest BCUT2D eigenvalue weighted by Gasteiger charge is -2.21. The summed E-state index contributed by atoms with van der Waals surface area (Å²) < 4.78 is 68.6. The maximum atomic E-state index is 13.1. The lowest BCUT2D eigenvalue weighted by molar-refractivity contribution is -0.161. The van der Waals surface area contributed by atoms with E-state index in [0.29, 0.717) is 31.6 Å². The lowest BCUT2D eigenvalue weighted by Crippen LogP contribution is -2.30. The third-order valence-corrected chi connectivity index (χ3v) is 20.6. The van der Waals surface area contributed by atoms with Gasteiger partial charge in [0.1, 0.15) is 19.3 Å². The first-order valence-electron chi connectivity index (χ1n) is 41.5. The summed E-state index contributed by atoms with van der Waals surface area (Å²) in [7, 11) is -9.92. The zero-order chi connectivity index (χ0) is 72.8. The normalized spacial score (nSPS) is 13.9. The first-order valence-corrected chi connectivity index (χ1v) is 44.5. The van der Waals surface area contributed by atoms with Gasteiger partial charge in [0.2, 0.25) is 0 Å². The van der Waals surface area contributed by atoms with Crippen molar-refractivity contribution in [2.24, 2.45) is 11.8 Å². The van der Waals surface area contributed by atoms with Crippen molar-refractivity contribution in [1.29, 1.82) is 0 Å². The van der Waals surface area contributed by atoms with Crippen molar-refractivity contribution in [3.63, 3.8) is 0 Å². The molecule has 0 saturated carbocycles. The summed E-state index contributed by atoms with van der Waals surface area (Å²) in [5, 5.41) is 10.6. The molecule has 0 bridgehead atoms. The Balaban J connectivity index is 5.22. The Morgan fingerprint density at radius 1 is 0.273 bits per heavy atom. The number of unbranched alkanes of at least 4 members (excludes halogenated alkanes) is 49. The minimum Gasteiger partial charge on any atom is -0.462 e. The molecule has 99 heavy (non-hydrogen) atoms. The summed E-state index contributed by atoms with van der Waals surface area (Å²) in [6.07, 6.45) is 61.3. The number of phosphoric ester groups is 2. The number of esters is 4. The maximum Gasteiger partial charge on any atom is 0.472 e. The highest BCUT2D eigenvalue weighted by molar-refractivity contribution is 7.47. The van der Waals surface area contributed by atoms with E-state index in [9.17, 15) is 43.2 Å². The molecule has 0 radical (unpaired) electrons. The molecule has 0 aliphatic carbocycles. The zero-order valence-electron chi connectivity index (χ0n) is 64.8. The fourth-order valence-corrected chi connectivity index (χ4v) is 13.9. The molecule has 17 nitrogen and oxygen atoms in total. The smallest absolute Gasteiger partial charge is 0.462 e. The Labute approximate surface area is 607 Å². The third-order valence-electron chi connectivity index (χ3n) is 18.7. The minimum atomic E-state index is -4.96. The summed E-state index contributed by atoms with van der Waals surface area (Å²) in [4.78, 5) is 72.9. The molecule has 0 amide bonds. The van der Waals surface area contributed by atoms with Crippen molar-refractivity contribution in [2.45, 2.75) is 439 Å². The van der Waals surface area contributed by atoms with Gasteiger partial charge in [-0.1, -0.05) is 369 Å². The Morgan fingerprint density at radius 3 is 0.687 bits per heavy atom. The van der Waals surface area contributed by atoms with Gasteiger partial charge in [-0.05, 0) is 37.5 Å². The minimum absolute atomic E-state index is 0.105. The quantitative estimate of drug-likeness (QED) is 0.0222. The van der Waals surface area contributed by atoms with Crippen LogP contribution in [0.2, 0.25) is 0 Å². The standard InChI is InChI=1S/C80H156O17P2/c1-7-9-11-13-15-17-19-21-23-25-26-27-29-31-33-35-39-45-52-58-64-79(84)96-75(68-90-77(82)62-56-50-44-38-34-32-30-28-24-22-20-18-16-14-12-10-8-2)70-94-98(86,87)92-66-74(81)67-93-99(88,89)95-71-76(69-91-78(83)63-57-51-47-41-43-49-55-61-73(5)6)97-80(85)65-59-53-46-40-36-37-42-48-54-60-72(3)4/h72-76,81H,7-71H2,1-6H3,(H,86,87)(H,88,89)/t74-,75-,76-/m1/s1. The largest absolute Gasteiger partial charge is 0.472 e. The fraction of sp³-hybridized carbons (Fsp3) is 0.950. The predicted octanol–water partition coefficient (Wildman–Crippen LogP) is 23.9. The van der Waals surface area contributed by atoms with Crippen LogP contribution in [0.15, 0.2) is 0 Å². The number of carbonyl (C=O) groups excluding carboxylic acids is 4. The number of carbonyl (C=O) groups is 4. The van der Waals surface area contributed by atoms with Crippen LogP contribution in [-0.4, -0.2) is 96.7 Å². The number of hydrogen-bond acceptors (Lipinski definition) is 15. The number of aliphatic hydroxyl groups excluding tert-OH is 1. The van der Waals surface area contributed by atoms with E-state index in [0.717, 1.165) is 102 Å². The number of aliphatic hydroxyl groups is 1. The van der Waals surface area contributed by atoms with E-state index in [1.165, 1.54) is 231 Å². The van der Waals surface area contributed by atoms with Crippen LogP contribution < -0.4 is 0 Å². The summed E-state index contributed by atoms with van der Waals surface area (Å²) in [6, 6.07) is 0. The highest BCUT2D eigenvalue weighted by Crippen LogP contribution is 2.45. The SMILES string of the molecule is CCCCCCCCCCCCCCCCCCCCCCC(=O)O[C@H](COC(=O)CCCCCCCCCCCCCCCCCCC)COP(=O)(O)OC[C@@H](O)COP(=O)(O)OC[C@@H](COC(=O)CCCCCCCCCC(C)C)OC(=O)CCCCCCCCCCCC(C)C. The molecule has 0 fully saturated rings. The summed E-state index contributed by atoms with van der Waals surface area (Å²) in [6.45, 7) is 9.54. The van der Waals surface area contributed by atoms with Crippen molar-refractivity contribution in [2.75, 3.05) is 39.6 Å². The molecule has 588 valence electrons. The molecule has 0 aliphatic heterocycles. The second-order valence-electron chi connectivity index (χ2n) is 29.8. The first-order chi connectivity index (χ1) is 47.9. The van der Waals surface area contributed by atoms with E-state index in [1.807, 2.05) is 0 Å². The van der Waals surface area contributed by atoms with E-state index >= 15 is 0 Å². The molecule has 0 aromatic heterocycles. The monoisotopic (exact) mass is 1450 g/mol. The summed E-state index contributed by atoms with van der Waals surface area (Å²) in [5.41, 5.74) is 0. The van der Waals surface area contributed by atoms with Crippen LogP contribution in [0.1, 0.15) is 420 Å². The van der Waals surface area contributed by atoms with Crippen molar-refractivity contribution in [3.05, 3.63) is 0 Å². The Hall–Kier alpha value is -1.94. The van der Waals surface area contributed by atoms with E-state index in [-0.39, 0.29) is 25.7 Å². The van der Waals surface area contributed by atoms with E-state index in [2.05, 4.69) is 41.5 Å². The van der Waals surface area contributed by atoms with Crippen molar-refractivity contribution in [3.8, 4) is 0 Å². The molecular weight excluding hydrogens is 1290 g/mol. The van der Waals surface area contributed by atoms with Crippen LogP contribution in [-0.2, 0) is 65.4 Å². The Kier molecular flexibility index (Phi) is 70.3. The summed E-state index contributed by atoms with van der Waals surface area (Å²) >= 11 is 0. The molecule has 0 saturated heterocycles. The molecule has 0 rings (SSSR count). The lowest BCUT2D eigenvalue weighted by atomic mass is 10.0. The van der Waals surface area contributed by atoms with E-state index < -0.39 is 97.5 Å². The number of rotatable bonds is 79. The van der Waals surface area contributed by atoms with Gasteiger partial charge in [-0.3, -0.25) is 37.3 Å². The molecule has 0 spiro atoms. The van der Waals surface area contributed by atoms with Gasteiger partial charge in [0.15, 0.2) is 12.2 Å². The molecule has 0 aliphatic rings. The number of ether oxygens (including phenoxy) is 4. The van der Waals surface area contributed by atoms with Gasteiger partial charge in [-0.25, -0.2) is 9.13 Å². The van der Waals surface area contributed by atoms with Gasteiger partial charge in [-0.15, -0.1) is 0 Å². The van der Waals surface area contributed by atoms with Gasteiger partial charge in [-0.2, -0.15) is 0 Å². The van der Waals surface area contributed by atoms with Gasteiger partial charge >= 0.3 is 39.5 Å². The maximum absolute atomic E-state index is 13.1. The van der Waals surface area contributed by atoms with Gasteiger partial charge in [0, 0.05) is 25.7 Å². The Bertz CT molecular complexity index is 1910. The van der Waals surface area contributed by atoms with Crippen molar-refractivity contribution < 1.29 is 80.2 Å². The molecule has 0 heterocycles. The van der Waals surface area contributed by atoms with Crippen LogP contribution in [0.3, 0.4) is 0 Å². The number of phosphoric acid groups is 2. The summed E-state index contributed by atoms with van der Waals surface area (Å²) in [5.74, 6) is -0.671. The average molecular weight is 1450 g/mol. The highest BCUT2D eigenvalue weighted by Gasteiger charge is 2.30. The second-order valence-corrected chi connectivity index (χ2v) is 32.7. The predicted molar refractivity (Wildman–Crippen MR) is 405 cm³/mol. The fourth-order valence-electron chi connectivity index (χ4n) is 12.4. The first kappa shape index (κ1) is 97.1. The molecule has 0 aromatic rings. The number of hydrogen-bond donors (Lipinski definition) is 3. The average Bonchev–Trinajstić information content (AvgIpc) is 0.981. The highest BCUT2D eigenvalue weighted by atomic mass is 31.2. The third kappa shape index (κ3) is 74.1. The molecular formula is C80H156O17P2. The Morgan fingerprint density at radius 2 is 0.465 bits per heavy atom. The molecule has 0 aromatic carbocycles. The molecule has 5 atom stereocenters. The van der Waals surface area contributed by atoms with Crippen molar-refractivity contribution in [1.82, 2.24) is 0 Å². The topological polar surface area (TPSA) is 237 Å². The van der Waals surface area contributed by atoms with Crippen LogP contribution in [0.25, 0.3) is 0 Å². The van der Waals surface area contributed by atoms with Crippen LogP contribution in [0.4, 0.5) is 0 Å². The van der Waals surface area contributed by atoms with Crippen molar-refractivity contribution >= 4 is 39.5 Å². The molecule has 19 heteroatoms. The molecule has 3 N–H and O–H groups in total. The second kappa shape index (κ2) is 71.7. The van der Waals surface area contributed by atoms with Gasteiger partial charge in [0.25, 0.3) is 0 Å². The van der Waals surface area contributed by atoms with E-state index in [4.69, 9.17) is 37.0 Å².